The highest BCUT2D eigenvalue weighted by atomic mass is 16.3. The number of hydrogen-bond acceptors (Lipinski definition) is 3. The molecule has 0 aliphatic heterocycles. The zero-order valence-corrected chi connectivity index (χ0v) is 12.2. The maximum atomic E-state index is 12.1. The fourth-order valence-corrected chi connectivity index (χ4v) is 1.79. The Labute approximate surface area is 120 Å². The Balaban J connectivity index is 2.74. The van der Waals surface area contributed by atoms with Crippen LogP contribution >= 0.6 is 0 Å². The van der Waals surface area contributed by atoms with Crippen LogP contribution in [0.15, 0.2) is 24.3 Å². The molecule has 20 heavy (non-hydrogen) atoms. The van der Waals surface area contributed by atoms with E-state index in [9.17, 15) is 9.90 Å². The number of carbonyl (C=O) groups is 1. The van der Waals surface area contributed by atoms with Crippen molar-refractivity contribution < 1.29 is 15.0 Å². The minimum absolute atomic E-state index is 0.0469. The van der Waals surface area contributed by atoms with Crippen molar-refractivity contribution in [3.8, 4) is 11.8 Å². The van der Waals surface area contributed by atoms with Gasteiger partial charge in [-0.1, -0.05) is 11.8 Å². The van der Waals surface area contributed by atoms with Gasteiger partial charge >= 0.3 is 0 Å². The summed E-state index contributed by atoms with van der Waals surface area (Å²) < 4.78 is 0. The van der Waals surface area contributed by atoms with Crippen LogP contribution in [0, 0.1) is 11.8 Å². The van der Waals surface area contributed by atoms with Gasteiger partial charge in [-0.25, -0.2) is 0 Å². The predicted molar refractivity (Wildman–Crippen MR) is 78.3 cm³/mol. The molecule has 1 rings (SSSR count). The zero-order chi connectivity index (χ0) is 15.2. The first-order valence-corrected chi connectivity index (χ1v) is 6.51. The number of hydrogen-bond donors (Lipinski definition) is 2. The maximum absolute atomic E-state index is 12.1. The molecule has 0 saturated heterocycles. The molecule has 0 atom stereocenters. The van der Waals surface area contributed by atoms with Gasteiger partial charge in [0.1, 0.15) is 0 Å². The number of rotatable bonds is 4. The van der Waals surface area contributed by atoms with E-state index in [1.54, 1.807) is 45.2 Å². The Morgan fingerprint density at radius 3 is 2.40 bits per heavy atom. The Morgan fingerprint density at radius 2 is 1.90 bits per heavy atom. The summed E-state index contributed by atoms with van der Waals surface area (Å²) in [5, 5.41) is 18.4. The molecule has 2 N–H and O–H groups in total. The van der Waals surface area contributed by atoms with Crippen molar-refractivity contribution in [1.29, 1.82) is 0 Å². The van der Waals surface area contributed by atoms with E-state index in [-0.39, 0.29) is 19.1 Å². The van der Waals surface area contributed by atoms with Crippen LogP contribution in [0.1, 0.15) is 36.2 Å². The van der Waals surface area contributed by atoms with Gasteiger partial charge in [0.2, 0.25) is 0 Å². The summed E-state index contributed by atoms with van der Waals surface area (Å²) in [5.41, 5.74) is 0.449. The highest BCUT2D eigenvalue weighted by molar-refractivity contribution is 5.94. The van der Waals surface area contributed by atoms with E-state index in [0.29, 0.717) is 12.0 Å². The molecule has 1 amide bonds. The van der Waals surface area contributed by atoms with Gasteiger partial charge in [-0.2, -0.15) is 0 Å². The number of benzene rings is 1. The molecular formula is C16H21NO3. The first-order valence-electron chi connectivity index (χ1n) is 6.51. The van der Waals surface area contributed by atoms with E-state index in [2.05, 4.69) is 11.8 Å². The normalized spacial score (nSPS) is 10.7. The van der Waals surface area contributed by atoms with Crippen molar-refractivity contribution in [2.75, 3.05) is 20.2 Å². The zero-order valence-electron chi connectivity index (χ0n) is 12.2. The number of aliphatic hydroxyl groups excluding tert-OH is 1. The van der Waals surface area contributed by atoms with Crippen LogP contribution in [0.4, 0.5) is 0 Å². The molecule has 4 heteroatoms. The van der Waals surface area contributed by atoms with Crippen LogP contribution in [0.3, 0.4) is 0 Å². The molecule has 0 unspecified atom stereocenters. The van der Waals surface area contributed by atoms with Crippen LogP contribution in [0.5, 0.6) is 0 Å². The van der Waals surface area contributed by atoms with E-state index in [0.717, 1.165) is 5.56 Å². The Morgan fingerprint density at radius 1 is 1.30 bits per heavy atom. The van der Waals surface area contributed by atoms with Crippen LogP contribution < -0.4 is 0 Å². The van der Waals surface area contributed by atoms with Crippen molar-refractivity contribution >= 4 is 5.91 Å². The highest BCUT2D eigenvalue weighted by Crippen LogP contribution is 2.09. The number of carbonyl (C=O) groups excluding carboxylic acids is 1. The molecule has 0 heterocycles. The molecule has 1 aromatic carbocycles. The number of amides is 1. The average Bonchev–Trinajstić information content (AvgIpc) is 2.37. The van der Waals surface area contributed by atoms with Crippen molar-refractivity contribution in [2.24, 2.45) is 0 Å². The van der Waals surface area contributed by atoms with Crippen LogP contribution in [0.25, 0.3) is 0 Å². The van der Waals surface area contributed by atoms with Crippen molar-refractivity contribution in [3.05, 3.63) is 35.4 Å². The molecule has 0 spiro atoms. The summed E-state index contributed by atoms with van der Waals surface area (Å²) in [6, 6.07) is 6.98. The van der Waals surface area contributed by atoms with E-state index >= 15 is 0 Å². The van der Waals surface area contributed by atoms with Crippen molar-refractivity contribution in [2.45, 2.75) is 25.9 Å². The lowest BCUT2D eigenvalue weighted by Gasteiger charge is -2.25. The summed E-state index contributed by atoms with van der Waals surface area (Å²) >= 11 is 0. The number of likely N-dealkylation sites (N-methyl/N-ethyl adjacent to an activating group) is 1. The second kappa shape index (κ2) is 7.09. The molecule has 0 radical (unpaired) electrons. The van der Waals surface area contributed by atoms with Gasteiger partial charge in [-0.05, 0) is 38.1 Å². The summed E-state index contributed by atoms with van der Waals surface area (Å²) in [6.07, 6.45) is 0.439. The summed E-state index contributed by atoms with van der Waals surface area (Å²) in [5.74, 6) is 5.59. The second-order valence-corrected chi connectivity index (χ2v) is 5.33. The van der Waals surface area contributed by atoms with E-state index in [1.807, 2.05) is 0 Å². The standard InChI is InChI=1S/C16H21NO3/c1-16(2,20)12-17(3)15(19)14-9-7-13(8-10-14)6-4-5-11-18/h7-10,18,20H,5,11-12H2,1-3H3. The first-order chi connectivity index (χ1) is 9.33. The van der Waals surface area contributed by atoms with Gasteiger partial charge in [-0.3, -0.25) is 4.79 Å². The third-order valence-corrected chi connectivity index (χ3v) is 2.57. The van der Waals surface area contributed by atoms with Gasteiger partial charge < -0.3 is 15.1 Å². The Kier molecular flexibility index (Phi) is 5.75. The number of aliphatic hydroxyl groups is 2. The predicted octanol–water partition coefficient (Wildman–Crippen LogP) is 1.26. The monoisotopic (exact) mass is 275 g/mol. The average molecular weight is 275 g/mol. The summed E-state index contributed by atoms with van der Waals surface area (Å²) in [4.78, 5) is 13.6. The molecule has 4 nitrogen and oxygen atoms in total. The van der Waals surface area contributed by atoms with Gasteiger partial charge in [0.15, 0.2) is 0 Å². The third-order valence-electron chi connectivity index (χ3n) is 2.57. The molecule has 0 saturated carbocycles. The lowest BCUT2D eigenvalue weighted by Crippen LogP contribution is -2.39. The van der Waals surface area contributed by atoms with Crippen LogP contribution in [0.2, 0.25) is 0 Å². The van der Waals surface area contributed by atoms with Gasteiger partial charge in [0.05, 0.1) is 12.2 Å². The van der Waals surface area contributed by atoms with Crippen molar-refractivity contribution in [1.82, 2.24) is 4.90 Å². The molecule has 0 aliphatic carbocycles. The van der Waals surface area contributed by atoms with E-state index in [4.69, 9.17) is 5.11 Å². The fraction of sp³-hybridized carbons (Fsp3) is 0.438. The van der Waals surface area contributed by atoms with Crippen LogP contribution in [-0.2, 0) is 0 Å². The summed E-state index contributed by atoms with van der Waals surface area (Å²) in [7, 11) is 1.66. The van der Waals surface area contributed by atoms with Crippen molar-refractivity contribution in [3.63, 3.8) is 0 Å². The number of nitrogens with zero attached hydrogens (tertiary/aromatic N) is 1. The largest absolute Gasteiger partial charge is 0.395 e. The van der Waals surface area contributed by atoms with Crippen LogP contribution in [-0.4, -0.2) is 46.8 Å². The SMILES string of the molecule is CN(CC(C)(C)O)C(=O)c1ccc(C#CCCO)cc1. The lowest BCUT2D eigenvalue weighted by atomic mass is 10.1. The first kappa shape index (κ1) is 16.2. The second-order valence-electron chi connectivity index (χ2n) is 5.33. The lowest BCUT2D eigenvalue weighted by molar-refractivity contribution is 0.0368. The minimum Gasteiger partial charge on any atom is -0.395 e. The highest BCUT2D eigenvalue weighted by Gasteiger charge is 2.20. The van der Waals surface area contributed by atoms with E-state index < -0.39 is 5.60 Å². The quantitative estimate of drug-likeness (QED) is 0.813. The minimum atomic E-state index is -0.917. The topological polar surface area (TPSA) is 60.8 Å². The smallest absolute Gasteiger partial charge is 0.253 e. The van der Waals surface area contributed by atoms with Gasteiger partial charge in [-0.15, -0.1) is 0 Å². The Bertz CT molecular complexity index is 503. The molecule has 0 fully saturated rings. The fourth-order valence-electron chi connectivity index (χ4n) is 1.79. The van der Waals surface area contributed by atoms with Gasteiger partial charge in [0.25, 0.3) is 5.91 Å². The molecule has 1 aromatic rings. The van der Waals surface area contributed by atoms with Gasteiger partial charge in [0, 0.05) is 31.1 Å². The molecule has 0 aromatic heterocycles. The summed E-state index contributed by atoms with van der Waals surface area (Å²) in [6.45, 7) is 3.64. The molecule has 108 valence electrons. The molecular weight excluding hydrogens is 254 g/mol. The Hall–Kier alpha value is -1.83. The molecule has 0 aliphatic rings. The van der Waals surface area contributed by atoms with E-state index in [1.165, 1.54) is 4.90 Å². The maximum Gasteiger partial charge on any atom is 0.253 e. The third kappa shape index (κ3) is 5.43. The molecule has 0 bridgehead atoms.